The van der Waals surface area contributed by atoms with Gasteiger partial charge in [-0.1, -0.05) is 24.3 Å². The highest BCUT2D eigenvalue weighted by Gasteiger charge is 2.07. The Morgan fingerprint density at radius 3 is 1.52 bits per heavy atom. The van der Waals surface area contributed by atoms with Gasteiger partial charge in [0.15, 0.2) is 0 Å². The fourth-order valence-corrected chi connectivity index (χ4v) is 2.88. The van der Waals surface area contributed by atoms with Gasteiger partial charge in [0.1, 0.15) is 0 Å². The highest BCUT2D eigenvalue weighted by atomic mass is 16.2. The summed E-state index contributed by atoms with van der Waals surface area (Å²) in [4.78, 5) is 38.7. The standard InChI is InChI=1S/C24H32N4O3/c1-27(2)23(30)15-9-18-5-11-20(12-6-18)25-17-22(29)26-21-13-7-19(8-14-21)10-16-24(31)28(3)4/h5-8,11-14,25H,9-10,15-17H2,1-4H3,(H,26,29). The molecular formula is C24H32N4O3. The molecule has 0 fully saturated rings. The molecule has 31 heavy (non-hydrogen) atoms. The summed E-state index contributed by atoms with van der Waals surface area (Å²) in [5.74, 6) is 0.0590. The quantitative estimate of drug-likeness (QED) is 0.615. The van der Waals surface area contributed by atoms with Crippen molar-refractivity contribution in [3.05, 3.63) is 59.7 Å². The van der Waals surface area contributed by atoms with Crippen LogP contribution in [0.1, 0.15) is 24.0 Å². The zero-order valence-electron chi connectivity index (χ0n) is 18.8. The number of rotatable bonds is 10. The molecule has 0 bridgehead atoms. The number of hydrogen-bond acceptors (Lipinski definition) is 4. The van der Waals surface area contributed by atoms with Crippen LogP contribution in [0.3, 0.4) is 0 Å². The minimum Gasteiger partial charge on any atom is -0.376 e. The first kappa shape index (κ1) is 23.9. The van der Waals surface area contributed by atoms with Crippen LogP contribution in [-0.4, -0.2) is 62.3 Å². The van der Waals surface area contributed by atoms with Gasteiger partial charge in [0.25, 0.3) is 0 Å². The van der Waals surface area contributed by atoms with E-state index in [1.54, 1.807) is 38.0 Å². The number of benzene rings is 2. The molecule has 7 nitrogen and oxygen atoms in total. The first-order valence-corrected chi connectivity index (χ1v) is 10.4. The van der Waals surface area contributed by atoms with Gasteiger partial charge in [-0.3, -0.25) is 14.4 Å². The average Bonchev–Trinajstić information content (AvgIpc) is 2.75. The Balaban J connectivity index is 1.75. The van der Waals surface area contributed by atoms with Crippen molar-refractivity contribution in [1.82, 2.24) is 9.80 Å². The van der Waals surface area contributed by atoms with Gasteiger partial charge in [-0.05, 0) is 48.2 Å². The summed E-state index contributed by atoms with van der Waals surface area (Å²) in [5, 5.41) is 5.96. The molecule has 0 atom stereocenters. The monoisotopic (exact) mass is 424 g/mol. The van der Waals surface area contributed by atoms with Crippen molar-refractivity contribution < 1.29 is 14.4 Å². The lowest BCUT2D eigenvalue weighted by atomic mass is 10.1. The second kappa shape index (κ2) is 11.7. The highest BCUT2D eigenvalue weighted by molar-refractivity contribution is 5.93. The predicted octanol–water partition coefficient (Wildman–Crippen LogP) is 2.78. The van der Waals surface area contributed by atoms with Gasteiger partial charge in [-0.25, -0.2) is 0 Å². The molecule has 7 heteroatoms. The first-order valence-electron chi connectivity index (χ1n) is 10.4. The maximum atomic E-state index is 12.2. The summed E-state index contributed by atoms with van der Waals surface area (Å²) in [5.41, 5.74) is 3.70. The molecule has 0 spiro atoms. The van der Waals surface area contributed by atoms with E-state index in [2.05, 4.69) is 10.6 Å². The fourth-order valence-electron chi connectivity index (χ4n) is 2.88. The topological polar surface area (TPSA) is 81.8 Å². The van der Waals surface area contributed by atoms with Crippen molar-refractivity contribution in [2.45, 2.75) is 25.7 Å². The number of anilines is 2. The SMILES string of the molecule is CN(C)C(=O)CCc1ccc(NCC(=O)Nc2ccc(CCC(=O)N(C)C)cc2)cc1. The molecule has 3 amide bonds. The van der Waals surface area contributed by atoms with Crippen LogP contribution in [0.4, 0.5) is 11.4 Å². The van der Waals surface area contributed by atoms with Crippen LogP contribution in [0.15, 0.2) is 48.5 Å². The third-order valence-corrected chi connectivity index (χ3v) is 4.90. The van der Waals surface area contributed by atoms with E-state index in [4.69, 9.17) is 0 Å². The summed E-state index contributed by atoms with van der Waals surface area (Å²) in [6, 6.07) is 15.3. The maximum Gasteiger partial charge on any atom is 0.243 e. The maximum absolute atomic E-state index is 12.2. The van der Waals surface area contributed by atoms with Crippen molar-refractivity contribution in [1.29, 1.82) is 0 Å². The Bertz CT molecular complexity index is 875. The molecule has 0 saturated carbocycles. The molecule has 0 aromatic heterocycles. The van der Waals surface area contributed by atoms with Crippen molar-refractivity contribution >= 4 is 29.1 Å². The molecule has 0 saturated heterocycles. The molecule has 0 aliphatic rings. The summed E-state index contributed by atoms with van der Waals surface area (Å²) < 4.78 is 0. The Labute approximate surface area is 184 Å². The second-order valence-electron chi connectivity index (χ2n) is 7.87. The lowest BCUT2D eigenvalue weighted by molar-refractivity contribution is -0.129. The molecular weight excluding hydrogens is 392 g/mol. The minimum absolute atomic E-state index is 0.0959. The third kappa shape index (κ3) is 8.50. The van der Waals surface area contributed by atoms with E-state index < -0.39 is 0 Å². The van der Waals surface area contributed by atoms with E-state index in [0.29, 0.717) is 25.7 Å². The van der Waals surface area contributed by atoms with Crippen LogP contribution < -0.4 is 10.6 Å². The largest absolute Gasteiger partial charge is 0.376 e. The molecule has 2 aromatic carbocycles. The van der Waals surface area contributed by atoms with Crippen molar-refractivity contribution in [2.75, 3.05) is 45.4 Å². The number of nitrogens with one attached hydrogen (secondary N) is 2. The average molecular weight is 425 g/mol. The Kier molecular flexibility index (Phi) is 9.06. The number of aryl methyl sites for hydroxylation is 2. The molecule has 0 heterocycles. The smallest absolute Gasteiger partial charge is 0.243 e. The molecule has 2 rings (SSSR count). The molecule has 166 valence electrons. The van der Waals surface area contributed by atoms with Crippen LogP contribution in [0.25, 0.3) is 0 Å². The van der Waals surface area contributed by atoms with Crippen LogP contribution in [0.2, 0.25) is 0 Å². The van der Waals surface area contributed by atoms with Gasteiger partial charge in [0, 0.05) is 52.4 Å². The molecule has 0 radical (unpaired) electrons. The van der Waals surface area contributed by atoms with Crippen molar-refractivity contribution in [3.8, 4) is 0 Å². The summed E-state index contributed by atoms with van der Waals surface area (Å²) in [7, 11) is 7.00. The summed E-state index contributed by atoms with van der Waals surface area (Å²) in [6.45, 7) is 0.150. The summed E-state index contributed by atoms with van der Waals surface area (Å²) >= 11 is 0. The van der Waals surface area contributed by atoms with Crippen LogP contribution in [0, 0.1) is 0 Å². The van der Waals surface area contributed by atoms with Crippen LogP contribution in [-0.2, 0) is 27.2 Å². The number of nitrogens with zero attached hydrogens (tertiary/aromatic N) is 2. The van der Waals surface area contributed by atoms with E-state index in [1.807, 2.05) is 48.5 Å². The first-order chi connectivity index (χ1) is 14.7. The Morgan fingerprint density at radius 1 is 0.677 bits per heavy atom. The minimum atomic E-state index is -0.142. The molecule has 2 aromatic rings. The van der Waals surface area contributed by atoms with E-state index in [0.717, 1.165) is 22.5 Å². The van der Waals surface area contributed by atoms with Crippen LogP contribution in [0.5, 0.6) is 0 Å². The van der Waals surface area contributed by atoms with Crippen molar-refractivity contribution in [3.63, 3.8) is 0 Å². The Morgan fingerprint density at radius 2 is 1.10 bits per heavy atom. The zero-order valence-corrected chi connectivity index (χ0v) is 18.8. The zero-order chi connectivity index (χ0) is 22.8. The molecule has 0 aliphatic heterocycles. The van der Waals surface area contributed by atoms with Gasteiger partial charge in [0.05, 0.1) is 6.54 Å². The number of amides is 3. The van der Waals surface area contributed by atoms with E-state index in [9.17, 15) is 14.4 Å². The number of hydrogen-bond donors (Lipinski definition) is 2. The van der Waals surface area contributed by atoms with Gasteiger partial charge in [-0.15, -0.1) is 0 Å². The van der Waals surface area contributed by atoms with Gasteiger partial charge < -0.3 is 20.4 Å². The predicted molar refractivity (Wildman–Crippen MR) is 124 cm³/mol. The molecule has 0 unspecified atom stereocenters. The van der Waals surface area contributed by atoms with Gasteiger partial charge >= 0.3 is 0 Å². The molecule has 0 aliphatic carbocycles. The van der Waals surface area contributed by atoms with E-state index in [1.165, 1.54) is 0 Å². The normalized spacial score (nSPS) is 10.3. The Hall–Kier alpha value is -3.35. The van der Waals surface area contributed by atoms with Crippen LogP contribution >= 0.6 is 0 Å². The van der Waals surface area contributed by atoms with E-state index in [-0.39, 0.29) is 24.3 Å². The number of carbonyl (C=O) groups excluding carboxylic acids is 3. The lowest BCUT2D eigenvalue weighted by Crippen LogP contribution is -2.22. The third-order valence-electron chi connectivity index (χ3n) is 4.90. The van der Waals surface area contributed by atoms with E-state index >= 15 is 0 Å². The van der Waals surface area contributed by atoms with Crippen molar-refractivity contribution in [2.24, 2.45) is 0 Å². The highest BCUT2D eigenvalue weighted by Crippen LogP contribution is 2.13. The fraction of sp³-hybridized carbons (Fsp3) is 0.375. The molecule has 2 N–H and O–H groups in total. The summed E-state index contributed by atoms with van der Waals surface area (Å²) in [6.07, 6.45) is 2.31. The number of carbonyl (C=O) groups is 3. The lowest BCUT2D eigenvalue weighted by Gasteiger charge is -2.11. The van der Waals surface area contributed by atoms with Gasteiger partial charge in [-0.2, -0.15) is 0 Å². The van der Waals surface area contributed by atoms with Gasteiger partial charge in [0.2, 0.25) is 17.7 Å². The second-order valence-corrected chi connectivity index (χ2v) is 7.87.